The van der Waals surface area contributed by atoms with Crippen LogP contribution in [0.4, 0.5) is 5.69 Å². The van der Waals surface area contributed by atoms with E-state index in [0.717, 1.165) is 24.8 Å². The Morgan fingerprint density at radius 1 is 0.821 bits per heavy atom. The van der Waals surface area contributed by atoms with Gasteiger partial charge in [-0.3, -0.25) is 4.72 Å². The van der Waals surface area contributed by atoms with Crippen molar-refractivity contribution in [2.45, 2.75) is 49.8 Å². The van der Waals surface area contributed by atoms with Gasteiger partial charge in [0.25, 0.3) is 10.0 Å². The number of piperidine rings is 1. The molecule has 1 N–H and O–H groups in total. The molecule has 0 radical (unpaired) electrons. The molecule has 0 aromatic heterocycles. The second-order valence-corrected chi connectivity index (χ2v) is 10.9. The summed E-state index contributed by atoms with van der Waals surface area (Å²) in [5, 5.41) is 0. The van der Waals surface area contributed by atoms with Crippen molar-refractivity contribution < 1.29 is 16.8 Å². The molecule has 1 fully saturated rings. The average Bonchev–Trinajstić information content (AvgIpc) is 2.61. The molecule has 1 saturated heterocycles. The number of rotatable bonds is 5. The van der Waals surface area contributed by atoms with Crippen LogP contribution in [0.15, 0.2) is 46.2 Å². The molecule has 0 spiro atoms. The number of nitrogens with one attached hydrogen (secondary N) is 1. The third-order valence-corrected chi connectivity index (χ3v) is 8.53. The molecule has 1 aliphatic heterocycles. The van der Waals surface area contributed by atoms with Gasteiger partial charge in [-0.05, 0) is 69.0 Å². The fraction of sp³-hybridized carbons (Fsp3) is 0.400. The highest BCUT2D eigenvalue weighted by molar-refractivity contribution is 7.92. The largest absolute Gasteiger partial charge is 0.280 e. The molecule has 0 aliphatic carbocycles. The van der Waals surface area contributed by atoms with Crippen molar-refractivity contribution >= 4 is 25.7 Å². The van der Waals surface area contributed by atoms with Crippen LogP contribution in [0.3, 0.4) is 0 Å². The maximum atomic E-state index is 12.8. The zero-order valence-corrected chi connectivity index (χ0v) is 18.0. The highest BCUT2D eigenvalue weighted by Crippen LogP contribution is 2.26. The summed E-state index contributed by atoms with van der Waals surface area (Å²) < 4.78 is 55.2. The van der Waals surface area contributed by atoms with Crippen molar-refractivity contribution in [1.29, 1.82) is 0 Å². The summed E-state index contributed by atoms with van der Waals surface area (Å²) in [4.78, 5) is 0.433. The zero-order chi connectivity index (χ0) is 20.5. The molecule has 0 bridgehead atoms. The standard InChI is InChI=1S/C20H26N2O4S2/c1-15-13-16(2)20(17(3)14-15)27(23,24)21-18-7-9-19(10-8-18)28(25,26)22-11-5-4-6-12-22/h7-10,13-14,21H,4-6,11-12H2,1-3H3. The molecule has 0 saturated carbocycles. The Morgan fingerprint density at radius 2 is 1.36 bits per heavy atom. The van der Waals surface area contributed by atoms with Crippen LogP contribution in [-0.2, 0) is 20.0 Å². The number of anilines is 1. The Balaban J connectivity index is 1.84. The molecule has 6 nitrogen and oxygen atoms in total. The van der Waals surface area contributed by atoms with E-state index in [1.54, 1.807) is 13.8 Å². The molecule has 8 heteroatoms. The molecular weight excluding hydrogens is 396 g/mol. The molecule has 1 aliphatic rings. The Morgan fingerprint density at radius 3 is 1.89 bits per heavy atom. The number of hydrogen-bond acceptors (Lipinski definition) is 4. The fourth-order valence-electron chi connectivity index (χ4n) is 3.75. The van der Waals surface area contributed by atoms with Gasteiger partial charge >= 0.3 is 0 Å². The Hall–Kier alpha value is -1.90. The number of hydrogen-bond donors (Lipinski definition) is 1. The third-order valence-electron chi connectivity index (χ3n) is 4.93. The van der Waals surface area contributed by atoms with Gasteiger partial charge in [0.15, 0.2) is 0 Å². The minimum atomic E-state index is -3.77. The van der Waals surface area contributed by atoms with E-state index in [-0.39, 0.29) is 9.79 Å². The zero-order valence-electron chi connectivity index (χ0n) is 16.4. The van der Waals surface area contributed by atoms with Gasteiger partial charge in [0.1, 0.15) is 0 Å². The van der Waals surface area contributed by atoms with Crippen LogP contribution < -0.4 is 4.72 Å². The van der Waals surface area contributed by atoms with Crippen molar-refractivity contribution in [3.63, 3.8) is 0 Å². The van der Waals surface area contributed by atoms with E-state index in [2.05, 4.69) is 4.72 Å². The first-order valence-electron chi connectivity index (χ1n) is 9.32. The van der Waals surface area contributed by atoms with E-state index >= 15 is 0 Å². The van der Waals surface area contributed by atoms with E-state index in [0.29, 0.717) is 29.9 Å². The Bertz CT molecular complexity index is 1050. The number of aryl methyl sites for hydroxylation is 3. The van der Waals surface area contributed by atoms with Crippen LogP contribution in [0, 0.1) is 20.8 Å². The van der Waals surface area contributed by atoms with Gasteiger partial charge in [-0.15, -0.1) is 0 Å². The van der Waals surface area contributed by atoms with Crippen molar-refractivity contribution in [2.75, 3.05) is 17.8 Å². The molecule has 0 amide bonds. The fourth-order valence-corrected chi connectivity index (χ4v) is 6.78. The molecular formula is C20H26N2O4S2. The molecule has 28 heavy (non-hydrogen) atoms. The van der Waals surface area contributed by atoms with Crippen LogP contribution in [0.1, 0.15) is 36.0 Å². The van der Waals surface area contributed by atoms with Crippen LogP contribution >= 0.6 is 0 Å². The van der Waals surface area contributed by atoms with Crippen LogP contribution in [0.25, 0.3) is 0 Å². The Kier molecular flexibility index (Phi) is 5.84. The number of benzene rings is 2. The average molecular weight is 423 g/mol. The SMILES string of the molecule is Cc1cc(C)c(S(=O)(=O)Nc2ccc(S(=O)(=O)N3CCCCC3)cc2)c(C)c1. The van der Waals surface area contributed by atoms with E-state index in [1.807, 2.05) is 19.1 Å². The van der Waals surface area contributed by atoms with Gasteiger partial charge in [0, 0.05) is 18.8 Å². The maximum absolute atomic E-state index is 12.8. The molecule has 2 aromatic rings. The second-order valence-electron chi connectivity index (χ2n) is 7.32. The quantitative estimate of drug-likeness (QED) is 0.798. The lowest BCUT2D eigenvalue weighted by Crippen LogP contribution is -2.35. The molecule has 1 heterocycles. The summed E-state index contributed by atoms with van der Waals surface area (Å²) in [6.45, 7) is 6.52. The van der Waals surface area contributed by atoms with Crippen molar-refractivity contribution in [1.82, 2.24) is 4.31 Å². The monoisotopic (exact) mass is 422 g/mol. The van der Waals surface area contributed by atoms with E-state index in [9.17, 15) is 16.8 Å². The smallest absolute Gasteiger partial charge is 0.262 e. The first-order chi connectivity index (χ1) is 13.1. The molecule has 152 valence electrons. The van der Waals surface area contributed by atoms with Crippen LogP contribution in [0.5, 0.6) is 0 Å². The summed E-state index contributed by atoms with van der Waals surface area (Å²) >= 11 is 0. The predicted octanol–water partition coefficient (Wildman–Crippen LogP) is 3.59. The summed E-state index contributed by atoms with van der Waals surface area (Å²) in [6.07, 6.45) is 2.78. The summed E-state index contributed by atoms with van der Waals surface area (Å²) in [5.41, 5.74) is 2.68. The maximum Gasteiger partial charge on any atom is 0.262 e. The highest BCUT2D eigenvalue weighted by atomic mass is 32.2. The van der Waals surface area contributed by atoms with Gasteiger partial charge in [-0.25, -0.2) is 16.8 Å². The van der Waals surface area contributed by atoms with Crippen LogP contribution in [-0.4, -0.2) is 34.2 Å². The van der Waals surface area contributed by atoms with Crippen molar-refractivity contribution in [3.05, 3.63) is 53.1 Å². The lowest BCUT2D eigenvalue weighted by molar-refractivity contribution is 0.346. The summed E-state index contributed by atoms with van der Waals surface area (Å²) in [6, 6.07) is 9.56. The van der Waals surface area contributed by atoms with Crippen molar-refractivity contribution in [2.24, 2.45) is 0 Å². The van der Waals surface area contributed by atoms with E-state index < -0.39 is 20.0 Å². The predicted molar refractivity (Wildman–Crippen MR) is 111 cm³/mol. The van der Waals surface area contributed by atoms with E-state index in [1.165, 1.54) is 28.6 Å². The molecule has 0 atom stereocenters. The van der Waals surface area contributed by atoms with Crippen LogP contribution in [0.2, 0.25) is 0 Å². The van der Waals surface area contributed by atoms with E-state index in [4.69, 9.17) is 0 Å². The number of sulfonamides is 2. The van der Waals surface area contributed by atoms with Gasteiger partial charge < -0.3 is 0 Å². The third kappa shape index (κ3) is 4.24. The summed E-state index contributed by atoms with van der Waals surface area (Å²) in [7, 11) is -7.31. The van der Waals surface area contributed by atoms with Gasteiger partial charge in [-0.1, -0.05) is 24.1 Å². The lowest BCUT2D eigenvalue weighted by Gasteiger charge is -2.25. The van der Waals surface area contributed by atoms with Gasteiger partial charge in [0.2, 0.25) is 10.0 Å². The van der Waals surface area contributed by atoms with Gasteiger partial charge in [0.05, 0.1) is 9.79 Å². The Labute approximate surface area is 167 Å². The van der Waals surface area contributed by atoms with Crippen molar-refractivity contribution in [3.8, 4) is 0 Å². The van der Waals surface area contributed by atoms with Gasteiger partial charge in [-0.2, -0.15) is 4.31 Å². The summed E-state index contributed by atoms with van der Waals surface area (Å²) in [5.74, 6) is 0. The normalized spacial score (nSPS) is 16.1. The highest BCUT2D eigenvalue weighted by Gasteiger charge is 2.26. The molecule has 2 aromatic carbocycles. The minimum absolute atomic E-state index is 0.181. The molecule has 3 rings (SSSR count). The lowest BCUT2D eigenvalue weighted by atomic mass is 10.1. The topological polar surface area (TPSA) is 83.5 Å². The number of nitrogens with zero attached hydrogens (tertiary/aromatic N) is 1. The first-order valence-corrected chi connectivity index (χ1v) is 12.2. The molecule has 0 unspecified atom stereocenters. The first kappa shape index (κ1) is 20.8. The second kappa shape index (κ2) is 7.85. The minimum Gasteiger partial charge on any atom is -0.280 e.